The van der Waals surface area contributed by atoms with Crippen molar-refractivity contribution in [3.63, 3.8) is 0 Å². The number of nitrogens with zero attached hydrogens (tertiary/aromatic N) is 1. The molecule has 3 heteroatoms. The van der Waals surface area contributed by atoms with E-state index in [0.717, 1.165) is 6.54 Å². The molecule has 3 nitrogen and oxygen atoms in total. The van der Waals surface area contributed by atoms with Crippen LogP contribution in [0.4, 0.5) is 0 Å². The molecule has 1 amide bonds. The van der Waals surface area contributed by atoms with Gasteiger partial charge in [0.25, 0.3) is 0 Å². The molecule has 0 aromatic heterocycles. The number of carbonyl (C=O) groups is 1. The van der Waals surface area contributed by atoms with Crippen LogP contribution in [0.2, 0.25) is 0 Å². The highest BCUT2D eigenvalue weighted by molar-refractivity contribution is 5.78. The highest BCUT2D eigenvalue weighted by Crippen LogP contribution is 2.26. The summed E-state index contributed by atoms with van der Waals surface area (Å²) in [6.45, 7) is 10.3. The first-order valence-electron chi connectivity index (χ1n) is 6.31. The maximum Gasteiger partial charge on any atom is 0.236 e. The van der Waals surface area contributed by atoms with Crippen molar-refractivity contribution < 1.29 is 4.79 Å². The van der Waals surface area contributed by atoms with Crippen LogP contribution in [0.25, 0.3) is 0 Å². The number of nitrogens with one attached hydrogen (secondary N) is 1. The Labute approximate surface area is 99.6 Å². The normalized spacial score (nSPS) is 16.6. The van der Waals surface area contributed by atoms with Crippen molar-refractivity contribution in [1.29, 1.82) is 0 Å². The molecule has 0 aromatic rings. The molecule has 94 valence electrons. The average molecular weight is 226 g/mol. The average Bonchev–Trinajstić information content (AvgIpc) is 2.99. The van der Waals surface area contributed by atoms with E-state index in [1.165, 1.54) is 12.8 Å². The van der Waals surface area contributed by atoms with Gasteiger partial charge in [-0.2, -0.15) is 0 Å². The van der Waals surface area contributed by atoms with Crippen molar-refractivity contribution in [2.75, 3.05) is 20.1 Å². The number of amides is 1. The SMILES string of the molecule is CC(C)C(C)(C)CNCC(=O)N(C)C1CC1. The second-order valence-electron chi connectivity index (χ2n) is 5.98. The van der Waals surface area contributed by atoms with E-state index < -0.39 is 0 Å². The van der Waals surface area contributed by atoms with E-state index in [9.17, 15) is 4.79 Å². The molecule has 0 saturated heterocycles. The number of hydrogen-bond acceptors (Lipinski definition) is 2. The number of hydrogen-bond donors (Lipinski definition) is 1. The summed E-state index contributed by atoms with van der Waals surface area (Å²) in [4.78, 5) is 13.6. The first-order valence-corrected chi connectivity index (χ1v) is 6.31. The van der Waals surface area contributed by atoms with Crippen LogP contribution in [0.15, 0.2) is 0 Å². The summed E-state index contributed by atoms with van der Waals surface area (Å²) in [6.07, 6.45) is 2.36. The smallest absolute Gasteiger partial charge is 0.236 e. The first kappa shape index (κ1) is 13.5. The Hall–Kier alpha value is -0.570. The van der Waals surface area contributed by atoms with Gasteiger partial charge in [-0.05, 0) is 24.2 Å². The standard InChI is InChI=1S/C13H26N2O/c1-10(2)13(3,4)9-14-8-12(16)15(5)11-6-7-11/h10-11,14H,6-9H2,1-5H3. The largest absolute Gasteiger partial charge is 0.342 e. The third-order valence-corrected chi connectivity index (χ3v) is 3.91. The molecule has 0 spiro atoms. The molecule has 1 N–H and O–H groups in total. The molecule has 1 rings (SSSR count). The van der Waals surface area contributed by atoms with Crippen LogP contribution < -0.4 is 5.32 Å². The van der Waals surface area contributed by atoms with Gasteiger partial charge in [0.2, 0.25) is 5.91 Å². The molecule has 1 saturated carbocycles. The van der Waals surface area contributed by atoms with Gasteiger partial charge in [-0.15, -0.1) is 0 Å². The molecule has 0 aromatic carbocycles. The third kappa shape index (κ3) is 3.78. The van der Waals surface area contributed by atoms with Crippen LogP contribution in [0, 0.1) is 11.3 Å². The first-order chi connectivity index (χ1) is 7.34. The fourth-order valence-corrected chi connectivity index (χ4v) is 1.49. The van der Waals surface area contributed by atoms with Gasteiger partial charge >= 0.3 is 0 Å². The minimum atomic E-state index is 0.224. The van der Waals surface area contributed by atoms with E-state index in [-0.39, 0.29) is 11.3 Å². The lowest BCUT2D eigenvalue weighted by Gasteiger charge is -2.29. The lowest BCUT2D eigenvalue weighted by atomic mass is 9.81. The number of carbonyl (C=O) groups excluding carboxylic acids is 1. The molecule has 1 aliphatic carbocycles. The van der Waals surface area contributed by atoms with E-state index in [1.807, 2.05) is 11.9 Å². The Bertz CT molecular complexity index is 244. The van der Waals surface area contributed by atoms with Crippen molar-refractivity contribution in [2.45, 2.75) is 46.6 Å². The maximum absolute atomic E-state index is 11.7. The molecule has 0 atom stereocenters. The van der Waals surface area contributed by atoms with Crippen molar-refractivity contribution in [1.82, 2.24) is 10.2 Å². The summed E-state index contributed by atoms with van der Waals surface area (Å²) < 4.78 is 0. The van der Waals surface area contributed by atoms with Crippen LogP contribution in [0.3, 0.4) is 0 Å². The van der Waals surface area contributed by atoms with Gasteiger partial charge < -0.3 is 10.2 Å². The molecule has 0 bridgehead atoms. The Kier molecular flexibility index (Phi) is 4.36. The number of likely N-dealkylation sites (N-methyl/N-ethyl adjacent to an activating group) is 1. The van der Waals surface area contributed by atoms with Crippen molar-refractivity contribution in [2.24, 2.45) is 11.3 Å². The molecule has 1 fully saturated rings. The fourth-order valence-electron chi connectivity index (χ4n) is 1.49. The van der Waals surface area contributed by atoms with Crippen molar-refractivity contribution in [3.05, 3.63) is 0 Å². The van der Waals surface area contributed by atoms with Crippen LogP contribution in [0.5, 0.6) is 0 Å². The summed E-state index contributed by atoms with van der Waals surface area (Å²) in [5, 5.41) is 3.28. The molecule has 16 heavy (non-hydrogen) atoms. The van der Waals surface area contributed by atoms with Crippen LogP contribution in [-0.4, -0.2) is 37.0 Å². The zero-order chi connectivity index (χ0) is 12.3. The zero-order valence-electron chi connectivity index (χ0n) is 11.3. The minimum absolute atomic E-state index is 0.224. The van der Waals surface area contributed by atoms with E-state index >= 15 is 0 Å². The van der Waals surface area contributed by atoms with Crippen LogP contribution in [0.1, 0.15) is 40.5 Å². The quantitative estimate of drug-likeness (QED) is 0.750. The Morgan fingerprint density at radius 3 is 2.44 bits per heavy atom. The maximum atomic E-state index is 11.7. The topological polar surface area (TPSA) is 32.3 Å². The van der Waals surface area contributed by atoms with Gasteiger partial charge in [0.15, 0.2) is 0 Å². The monoisotopic (exact) mass is 226 g/mol. The van der Waals surface area contributed by atoms with Crippen LogP contribution >= 0.6 is 0 Å². The third-order valence-electron chi connectivity index (χ3n) is 3.91. The summed E-state index contributed by atoms with van der Waals surface area (Å²) in [5.74, 6) is 0.846. The van der Waals surface area contributed by atoms with Crippen LogP contribution in [-0.2, 0) is 4.79 Å². The molecule has 1 aliphatic rings. The summed E-state index contributed by atoms with van der Waals surface area (Å²) >= 11 is 0. The highest BCUT2D eigenvalue weighted by Gasteiger charge is 2.29. The van der Waals surface area contributed by atoms with E-state index in [4.69, 9.17) is 0 Å². The van der Waals surface area contributed by atoms with Gasteiger partial charge in [0, 0.05) is 19.6 Å². The highest BCUT2D eigenvalue weighted by atomic mass is 16.2. The zero-order valence-corrected chi connectivity index (χ0v) is 11.3. The number of rotatable bonds is 6. The van der Waals surface area contributed by atoms with Gasteiger partial charge in [0.05, 0.1) is 6.54 Å². The Balaban J connectivity index is 2.21. The summed E-state index contributed by atoms with van der Waals surface area (Å²) in [7, 11) is 1.91. The molecule has 0 radical (unpaired) electrons. The Morgan fingerprint density at radius 2 is 2.00 bits per heavy atom. The summed E-state index contributed by atoms with van der Waals surface area (Å²) in [6, 6.07) is 0.521. The van der Waals surface area contributed by atoms with E-state index in [2.05, 4.69) is 33.0 Å². The second-order valence-corrected chi connectivity index (χ2v) is 5.98. The van der Waals surface area contributed by atoms with Crippen molar-refractivity contribution >= 4 is 5.91 Å². The van der Waals surface area contributed by atoms with Gasteiger partial charge in [0.1, 0.15) is 0 Å². The molecule has 0 aliphatic heterocycles. The molecule has 0 unspecified atom stereocenters. The van der Waals surface area contributed by atoms with E-state index in [1.54, 1.807) is 0 Å². The minimum Gasteiger partial charge on any atom is -0.342 e. The predicted octanol–water partition coefficient (Wildman–Crippen LogP) is 1.88. The molecule has 0 heterocycles. The Morgan fingerprint density at radius 1 is 1.44 bits per heavy atom. The van der Waals surface area contributed by atoms with Crippen molar-refractivity contribution in [3.8, 4) is 0 Å². The van der Waals surface area contributed by atoms with Gasteiger partial charge in [-0.25, -0.2) is 0 Å². The molecular weight excluding hydrogens is 200 g/mol. The lowest BCUT2D eigenvalue weighted by Crippen LogP contribution is -2.41. The van der Waals surface area contributed by atoms with Gasteiger partial charge in [-0.3, -0.25) is 4.79 Å². The predicted molar refractivity (Wildman–Crippen MR) is 67.3 cm³/mol. The second kappa shape index (κ2) is 5.17. The van der Waals surface area contributed by atoms with E-state index in [0.29, 0.717) is 18.5 Å². The fraction of sp³-hybridized carbons (Fsp3) is 0.923. The molecular formula is C13H26N2O. The summed E-state index contributed by atoms with van der Waals surface area (Å²) in [5.41, 5.74) is 0.248. The van der Waals surface area contributed by atoms with Gasteiger partial charge in [-0.1, -0.05) is 27.7 Å². The lowest BCUT2D eigenvalue weighted by molar-refractivity contribution is -0.129.